The van der Waals surface area contributed by atoms with Crippen molar-refractivity contribution >= 4 is 5.82 Å². The number of benzene rings is 1. The van der Waals surface area contributed by atoms with Gasteiger partial charge in [0.15, 0.2) is 0 Å². The number of hydrogen-bond donors (Lipinski definition) is 1. The molecule has 0 fully saturated rings. The number of aromatic nitrogens is 2. The molecule has 0 aliphatic carbocycles. The van der Waals surface area contributed by atoms with Gasteiger partial charge in [-0.15, -0.1) is 0 Å². The highest BCUT2D eigenvalue weighted by Crippen LogP contribution is 2.20. The van der Waals surface area contributed by atoms with Crippen molar-refractivity contribution in [2.45, 2.75) is 33.2 Å². The zero-order valence-electron chi connectivity index (χ0n) is 11.1. The van der Waals surface area contributed by atoms with Gasteiger partial charge in [-0.05, 0) is 31.4 Å². The molecule has 0 amide bonds. The number of hydrogen-bond acceptors (Lipinski definition) is 3. The van der Waals surface area contributed by atoms with Gasteiger partial charge in [0.25, 0.3) is 0 Å². The lowest BCUT2D eigenvalue weighted by atomic mass is 10.0. The van der Waals surface area contributed by atoms with Crippen LogP contribution in [0.5, 0.6) is 0 Å². The molecule has 1 aromatic heterocycles. The molecule has 1 heterocycles. The molecule has 2 rings (SSSR count). The van der Waals surface area contributed by atoms with Crippen molar-refractivity contribution in [3.05, 3.63) is 53.5 Å². The van der Waals surface area contributed by atoms with E-state index in [9.17, 15) is 0 Å². The Balaban J connectivity index is 2.16. The van der Waals surface area contributed by atoms with E-state index in [0.717, 1.165) is 17.9 Å². The van der Waals surface area contributed by atoms with E-state index >= 15 is 0 Å². The minimum absolute atomic E-state index is 0.241. The van der Waals surface area contributed by atoms with Crippen LogP contribution in [0.15, 0.2) is 36.7 Å². The van der Waals surface area contributed by atoms with E-state index in [1.807, 2.05) is 6.07 Å². The number of nitrogens with one attached hydrogen (secondary N) is 1. The molecule has 18 heavy (non-hydrogen) atoms. The second-order valence-corrected chi connectivity index (χ2v) is 4.47. The van der Waals surface area contributed by atoms with Gasteiger partial charge in [0.05, 0.1) is 6.04 Å². The highest BCUT2D eigenvalue weighted by molar-refractivity contribution is 5.40. The SMILES string of the molecule is CCc1cc(NC(C)c2ccccc2C)ncn1. The van der Waals surface area contributed by atoms with E-state index in [2.05, 4.69) is 60.3 Å². The van der Waals surface area contributed by atoms with Gasteiger partial charge < -0.3 is 5.32 Å². The zero-order chi connectivity index (χ0) is 13.0. The molecule has 0 saturated carbocycles. The van der Waals surface area contributed by atoms with Gasteiger partial charge in [0.2, 0.25) is 0 Å². The van der Waals surface area contributed by atoms with Crippen LogP contribution in [0.1, 0.15) is 36.7 Å². The molecular weight excluding hydrogens is 222 g/mol. The van der Waals surface area contributed by atoms with E-state index < -0.39 is 0 Å². The lowest BCUT2D eigenvalue weighted by molar-refractivity contribution is 0.858. The molecule has 94 valence electrons. The standard InChI is InChI=1S/C15H19N3/c1-4-13-9-15(17-10-16-13)18-12(3)14-8-6-5-7-11(14)2/h5-10,12H,4H2,1-3H3,(H,16,17,18). The fourth-order valence-corrected chi connectivity index (χ4v) is 2.04. The van der Waals surface area contributed by atoms with E-state index in [1.54, 1.807) is 6.33 Å². The van der Waals surface area contributed by atoms with Gasteiger partial charge in [0, 0.05) is 11.8 Å². The van der Waals surface area contributed by atoms with E-state index in [0.29, 0.717) is 0 Å². The van der Waals surface area contributed by atoms with Crippen LogP contribution >= 0.6 is 0 Å². The van der Waals surface area contributed by atoms with E-state index in [4.69, 9.17) is 0 Å². The summed E-state index contributed by atoms with van der Waals surface area (Å²) in [6, 6.07) is 10.7. The summed E-state index contributed by atoms with van der Waals surface area (Å²) in [5.74, 6) is 0.887. The van der Waals surface area contributed by atoms with Crippen LogP contribution in [-0.2, 0) is 6.42 Å². The summed E-state index contributed by atoms with van der Waals surface area (Å²) in [6.07, 6.45) is 2.54. The van der Waals surface area contributed by atoms with E-state index in [-0.39, 0.29) is 6.04 Å². The topological polar surface area (TPSA) is 37.8 Å². The summed E-state index contributed by atoms with van der Waals surface area (Å²) in [5.41, 5.74) is 3.65. The molecule has 3 heteroatoms. The van der Waals surface area contributed by atoms with Crippen molar-refractivity contribution in [2.24, 2.45) is 0 Å². The summed E-state index contributed by atoms with van der Waals surface area (Å²) in [6.45, 7) is 6.37. The molecule has 0 saturated heterocycles. The first-order valence-electron chi connectivity index (χ1n) is 6.33. The second kappa shape index (κ2) is 5.63. The fraction of sp³-hybridized carbons (Fsp3) is 0.333. The minimum atomic E-state index is 0.241. The predicted molar refractivity (Wildman–Crippen MR) is 74.6 cm³/mol. The Bertz CT molecular complexity index is 523. The predicted octanol–water partition coefficient (Wildman–Crippen LogP) is 3.52. The average Bonchev–Trinajstić information content (AvgIpc) is 2.39. The summed E-state index contributed by atoms with van der Waals surface area (Å²) < 4.78 is 0. The third-order valence-electron chi connectivity index (χ3n) is 3.11. The van der Waals surface area contributed by atoms with Crippen LogP contribution in [-0.4, -0.2) is 9.97 Å². The number of nitrogens with zero attached hydrogens (tertiary/aromatic N) is 2. The molecule has 1 N–H and O–H groups in total. The third-order valence-corrected chi connectivity index (χ3v) is 3.11. The molecule has 0 aliphatic rings. The van der Waals surface area contributed by atoms with Crippen LogP contribution in [0.25, 0.3) is 0 Å². The smallest absolute Gasteiger partial charge is 0.130 e. The van der Waals surface area contributed by atoms with Crippen LogP contribution in [0.3, 0.4) is 0 Å². The molecule has 1 aromatic carbocycles. The zero-order valence-corrected chi connectivity index (χ0v) is 11.1. The molecule has 3 nitrogen and oxygen atoms in total. The number of aryl methyl sites for hydroxylation is 2. The summed E-state index contributed by atoms with van der Waals surface area (Å²) in [7, 11) is 0. The summed E-state index contributed by atoms with van der Waals surface area (Å²) in [4.78, 5) is 8.46. The maximum Gasteiger partial charge on any atom is 0.130 e. The quantitative estimate of drug-likeness (QED) is 0.890. The molecule has 0 spiro atoms. The van der Waals surface area contributed by atoms with Crippen LogP contribution in [0, 0.1) is 6.92 Å². The largest absolute Gasteiger partial charge is 0.363 e. The maximum atomic E-state index is 4.26. The Kier molecular flexibility index (Phi) is 3.92. The second-order valence-electron chi connectivity index (χ2n) is 4.47. The molecule has 0 aliphatic heterocycles. The first kappa shape index (κ1) is 12.6. The fourth-order valence-electron chi connectivity index (χ4n) is 2.04. The Morgan fingerprint density at radius 1 is 1.22 bits per heavy atom. The average molecular weight is 241 g/mol. The monoisotopic (exact) mass is 241 g/mol. The number of rotatable bonds is 4. The van der Waals surface area contributed by atoms with Crippen LogP contribution < -0.4 is 5.32 Å². The van der Waals surface area contributed by atoms with Crippen LogP contribution in [0.2, 0.25) is 0 Å². The Morgan fingerprint density at radius 2 is 2.00 bits per heavy atom. The first-order valence-corrected chi connectivity index (χ1v) is 6.33. The van der Waals surface area contributed by atoms with Gasteiger partial charge in [-0.1, -0.05) is 31.2 Å². The van der Waals surface area contributed by atoms with Crippen molar-refractivity contribution in [3.8, 4) is 0 Å². The van der Waals surface area contributed by atoms with Crippen molar-refractivity contribution in [3.63, 3.8) is 0 Å². The van der Waals surface area contributed by atoms with Gasteiger partial charge in [-0.2, -0.15) is 0 Å². The van der Waals surface area contributed by atoms with Gasteiger partial charge in [-0.25, -0.2) is 9.97 Å². The first-order chi connectivity index (χ1) is 8.70. The number of anilines is 1. The lowest BCUT2D eigenvalue weighted by Gasteiger charge is -2.17. The normalized spacial score (nSPS) is 12.2. The lowest BCUT2D eigenvalue weighted by Crippen LogP contribution is -2.09. The maximum absolute atomic E-state index is 4.26. The van der Waals surface area contributed by atoms with E-state index in [1.165, 1.54) is 11.1 Å². The molecule has 1 atom stereocenters. The third kappa shape index (κ3) is 2.86. The van der Waals surface area contributed by atoms with Crippen molar-refractivity contribution in [2.75, 3.05) is 5.32 Å². The Labute approximate surface area is 108 Å². The summed E-state index contributed by atoms with van der Waals surface area (Å²) >= 11 is 0. The molecule has 0 bridgehead atoms. The van der Waals surface area contributed by atoms with Gasteiger partial charge >= 0.3 is 0 Å². The van der Waals surface area contributed by atoms with Crippen molar-refractivity contribution in [1.29, 1.82) is 0 Å². The van der Waals surface area contributed by atoms with Crippen molar-refractivity contribution < 1.29 is 0 Å². The molecule has 0 radical (unpaired) electrons. The molecule has 1 unspecified atom stereocenters. The van der Waals surface area contributed by atoms with Crippen molar-refractivity contribution in [1.82, 2.24) is 9.97 Å². The van der Waals surface area contributed by atoms with Gasteiger partial charge in [-0.3, -0.25) is 0 Å². The van der Waals surface area contributed by atoms with Gasteiger partial charge in [0.1, 0.15) is 12.1 Å². The minimum Gasteiger partial charge on any atom is -0.363 e. The molecular formula is C15H19N3. The highest BCUT2D eigenvalue weighted by Gasteiger charge is 2.08. The molecule has 2 aromatic rings. The summed E-state index contributed by atoms with van der Waals surface area (Å²) in [5, 5.41) is 3.42. The Morgan fingerprint density at radius 3 is 2.72 bits per heavy atom. The Hall–Kier alpha value is -1.90. The highest BCUT2D eigenvalue weighted by atomic mass is 15.0. The van der Waals surface area contributed by atoms with Crippen LogP contribution in [0.4, 0.5) is 5.82 Å².